The van der Waals surface area contributed by atoms with Crippen LogP contribution in [-0.2, 0) is 13.6 Å². The Hall–Kier alpha value is -12.1. The Morgan fingerprint density at radius 3 is 1.43 bits per heavy atom. The maximum Gasteiger partial charge on any atom is 0.240 e. The molecule has 9 aromatic carbocycles. The number of ether oxygens (including phenoxy) is 3. The lowest BCUT2D eigenvalue weighted by Gasteiger charge is -2.11. The van der Waals surface area contributed by atoms with Gasteiger partial charge >= 0.3 is 0 Å². The van der Waals surface area contributed by atoms with Crippen LogP contribution in [0.2, 0.25) is 0 Å². The van der Waals surface area contributed by atoms with Crippen LogP contribution in [0.3, 0.4) is 0 Å². The Bertz CT molecular complexity index is 5510. The number of imidazole rings is 1. The fourth-order valence-electron chi connectivity index (χ4n) is 11.2. The van der Waals surface area contributed by atoms with Gasteiger partial charge in [-0.3, -0.25) is 0 Å². The summed E-state index contributed by atoms with van der Waals surface area (Å²) in [6.07, 6.45) is 18.7. The van der Waals surface area contributed by atoms with Crippen LogP contribution >= 0.6 is 34.0 Å². The number of rotatable bonds is 18. The first-order chi connectivity index (χ1) is 49.2. The number of nitrogens with zero attached hydrogens (tertiary/aromatic N) is 8. The van der Waals surface area contributed by atoms with E-state index in [-0.39, 0.29) is 28.7 Å². The Labute approximate surface area is 593 Å². The molecule has 5 N–H and O–H groups in total. The van der Waals surface area contributed by atoms with E-state index in [0.29, 0.717) is 29.1 Å². The van der Waals surface area contributed by atoms with Crippen molar-refractivity contribution in [1.82, 2.24) is 40.0 Å². The Morgan fingerprint density at radius 2 is 0.960 bits per heavy atom. The molecule has 16 rings (SSSR count). The molecule has 0 spiro atoms. The van der Waals surface area contributed by atoms with Crippen molar-refractivity contribution in [2.45, 2.75) is 52.5 Å². The molecule has 1 saturated carbocycles. The summed E-state index contributed by atoms with van der Waals surface area (Å²) in [7, 11) is 1.72. The molecule has 15 aromatic rings. The zero-order valence-electron chi connectivity index (χ0n) is 55.2. The molecule has 0 aliphatic heterocycles. The minimum absolute atomic E-state index is 0.204. The van der Waals surface area contributed by atoms with E-state index in [0.717, 1.165) is 139 Å². The standard InChI is InChI=1S/C29H24N2O3S.C28H24N2O3S.C24H18N4O3S/c1-17-3-12-23(18(2)15-17)28-27(24-13-9-21(32)16-25(24)35-28)33-22-10-4-19(5-11-22)6-14-26-30-31-29(34-26)20-7-8-20;1-2-15-30-18-29-17-21(30)8-3-19-4-12-24(13-5-19)33-27-25-14-11-23(32)16-26(25)34-28(27)20-6-9-22(31)10-7-20;1-28-26-22(25-27-28)13-4-15-2-10-19(11-3-15)31-23-20-12-9-18(30)14-21(20)32-24(23)16-5-7-17(29)8-6-16/h3-6,9-16,20,32H,7-8H2,1-2H3;3-14,16-18,31-32H,2,15H2,1H3;2-14,29-30H,1H3/b14-6+;8-3+;13-4+. The van der Waals surface area contributed by atoms with Crippen molar-refractivity contribution in [3.63, 3.8) is 0 Å². The minimum atomic E-state index is 0.204. The number of phenolic OH excluding ortho intramolecular Hbond substituents is 5. The van der Waals surface area contributed by atoms with E-state index >= 15 is 0 Å². The van der Waals surface area contributed by atoms with Gasteiger partial charge in [0.05, 0.1) is 39.9 Å². The quantitative estimate of drug-likeness (QED) is 0.0538. The van der Waals surface area contributed by atoms with Crippen LogP contribution in [0, 0.1) is 13.8 Å². The zero-order chi connectivity index (χ0) is 69.5. The van der Waals surface area contributed by atoms with Gasteiger partial charge in [-0.1, -0.05) is 79.2 Å². The van der Waals surface area contributed by atoms with Gasteiger partial charge in [0.2, 0.25) is 11.8 Å². The summed E-state index contributed by atoms with van der Waals surface area (Å²) in [5, 5.41) is 72.1. The first-order valence-electron chi connectivity index (χ1n) is 32.6. The lowest BCUT2D eigenvalue weighted by atomic mass is 10.0. The number of tetrazole rings is 1. The number of phenols is 5. The highest BCUT2D eigenvalue weighted by molar-refractivity contribution is 7.23. The van der Waals surface area contributed by atoms with Gasteiger partial charge in [-0.25, -0.2) is 4.98 Å². The number of hydrogen-bond donors (Lipinski definition) is 5. The van der Waals surface area contributed by atoms with Gasteiger partial charge in [0.1, 0.15) is 46.0 Å². The van der Waals surface area contributed by atoms with Crippen LogP contribution in [0.25, 0.3) is 98.0 Å². The molecule has 0 unspecified atom stereocenters. The van der Waals surface area contributed by atoms with Crippen molar-refractivity contribution in [1.29, 1.82) is 0 Å². The molecule has 17 nitrogen and oxygen atoms in total. The van der Waals surface area contributed by atoms with Crippen molar-refractivity contribution in [2.75, 3.05) is 0 Å². The normalized spacial score (nSPS) is 12.2. The number of fused-ring (bicyclic) bond motifs is 3. The summed E-state index contributed by atoms with van der Waals surface area (Å²) < 4.78 is 29.8. The molecule has 0 atom stereocenters. The van der Waals surface area contributed by atoms with Crippen molar-refractivity contribution >= 4 is 101 Å². The fraction of sp³-hybridized carbons (Fsp3) is 0.111. The van der Waals surface area contributed by atoms with Crippen molar-refractivity contribution in [3.8, 4) is 94.6 Å². The van der Waals surface area contributed by atoms with Crippen LogP contribution in [0.5, 0.6) is 63.2 Å². The summed E-state index contributed by atoms with van der Waals surface area (Å²) in [6.45, 7) is 7.31. The molecular weight excluding hydrogens is 1330 g/mol. The number of aryl methyl sites for hydroxylation is 4. The van der Waals surface area contributed by atoms with E-state index in [9.17, 15) is 25.5 Å². The molecule has 101 heavy (non-hydrogen) atoms. The number of aromatic hydroxyl groups is 5. The summed E-state index contributed by atoms with van der Waals surface area (Å²) in [4.78, 5) is 8.56. The Kier molecular flexibility index (Phi) is 19.3. The number of benzene rings is 9. The molecule has 20 heteroatoms. The average molecular weight is 1390 g/mol. The summed E-state index contributed by atoms with van der Waals surface area (Å²) >= 11 is 4.70. The van der Waals surface area contributed by atoms with Crippen molar-refractivity contribution in [3.05, 3.63) is 258 Å². The maximum atomic E-state index is 10.0. The van der Waals surface area contributed by atoms with Gasteiger partial charge in [-0.2, -0.15) is 4.80 Å². The largest absolute Gasteiger partial charge is 0.508 e. The van der Waals surface area contributed by atoms with Gasteiger partial charge in [-0.15, -0.1) is 54.4 Å². The van der Waals surface area contributed by atoms with E-state index in [4.69, 9.17) is 18.6 Å². The van der Waals surface area contributed by atoms with Gasteiger partial charge < -0.3 is 48.7 Å². The molecule has 0 saturated heterocycles. The van der Waals surface area contributed by atoms with E-state index in [2.05, 4.69) is 86.3 Å². The second-order valence-electron chi connectivity index (χ2n) is 24.1. The van der Waals surface area contributed by atoms with Crippen LogP contribution in [0.15, 0.2) is 211 Å². The minimum Gasteiger partial charge on any atom is -0.508 e. The van der Waals surface area contributed by atoms with Crippen LogP contribution in [0.1, 0.15) is 83.2 Å². The highest BCUT2D eigenvalue weighted by Gasteiger charge is 2.29. The zero-order valence-corrected chi connectivity index (χ0v) is 57.6. The third kappa shape index (κ3) is 15.8. The predicted molar refractivity (Wildman–Crippen MR) is 404 cm³/mol. The monoisotopic (exact) mass is 1390 g/mol. The molecular formula is C81H66N8O9S3. The van der Waals surface area contributed by atoms with E-state index in [1.807, 2.05) is 146 Å². The van der Waals surface area contributed by atoms with E-state index in [1.54, 1.807) is 96.5 Å². The lowest BCUT2D eigenvalue weighted by molar-refractivity contribution is 0.474. The predicted octanol–water partition coefficient (Wildman–Crippen LogP) is 21.1. The van der Waals surface area contributed by atoms with Crippen molar-refractivity contribution in [2.24, 2.45) is 7.05 Å². The third-order valence-electron chi connectivity index (χ3n) is 16.5. The number of thiophene rings is 3. The summed E-state index contributed by atoms with van der Waals surface area (Å²) in [5.74, 6) is 7.75. The van der Waals surface area contributed by atoms with Crippen molar-refractivity contribution < 1.29 is 44.2 Å². The molecule has 1 fully saturated rings. The molecule has 1 aliphatic carbocycles. The second-order valence-corrected chi connectivity index (χ2v) is 27.3. The molecule has 1 aliphatic rings. The van der Waals surface area contributed by atoms with Gasteiger partial charge in [0.15, 0.2) is 23.1 Å². The topological polar surface area (TPSA) is 229 Å². The molecule has 6 heterocycles. The molecule has 6 aromatic heterocycles. The Balaban J connectivity index is 0.000000129. The van der Waals surface area contributed by atoms with E-state index < -0.39 is 0 Å². The molecule has 502 valence electrons. The number of aromatic nitrogens is 8. The first kappa shape index (κ1) is 66.2. The van der Waals surface area contributed by atoms with Crippen LogP contribution in [-0.4, -0.2) is 65.5 Å². The highest BCUT2D eigenvalue weighted by atomic mass is 32.1. The van der Waals surface area contributed by atoms with E-state index in [1.165, 1.54) is 27.3 Å². The average Bonchev–Trinajstić information content (AvgIpc) is 1.64. The fourth-order valence-corrected chi connectivity index (χ4v) is 14.8. The van der Waals surface area contributed by atoms with Crippen LogP contribution in [0.4, 0.5) is 0 Å². The SMILES string of the molecule is CCCn1cncc1/C=C/c1ccc(Oc2c(-c3ccc(O)cc3)sc3cc(O)ccc23)cc1.Cc1ccc(-c2sc3cc(O)ccc3c2Oc2ccc(/C=C/c3nnc(C4CC4)o3)cc2)c(C)c1.Cn1nnc(/C=C/c2ccc(Oc3c(-c4ccc(O)cc4)sc4cc(O)ccc34)cc2)n1. The molecule has 0 bridgehead atoms. The smallest absolute Gasteiger partial charge is 0.240 e. The highest BCUT2D eigenvalue weighted by Crippen LogP contribution is 2.51. The second kappa shape index (κ2) is 29.5. The third-order valence-corrected chi connectivity index (χ3v) is 20.0. The first-order valence-corrected chi connectivity index (χ1v) is 35.0. The molecule has 0 amide bonds. The van der Waals surface area contributed by atoms with Gasteiger partial charge in [0, 0.05) is 48.8 Å². The summed E-state index contributed by atoms with van der Waals surface area (Å²) in [6, 6.07) is 60.0. The molecule has 0 radical (unpaired) electrons. The van der Waals surface area contributed by atoms with Crippen LogP contribution < -0.4 is 14.2 Å². The summed E-state index contributed by atoms with van der Waals surface area (Å²) in [5.41, 5.74) is 9.55. The maximum absolute atomic E-state index is 10.0. The Morgan fingerprint density at radius 1 is 0.495 bits per heavy atom. The van der Waals surface area contributed by atoms with Gasteiger partial charge in [-0.05, 0) is 235 Å². The number of hydrogen-bond acceptors (Lipinski definition) is 18. The lowest BCUT2D eigenvalue weighted by Crippen LogP contribution is -1.96. The van der Waals surface area contributed by atoms with Gasteiger partial charge in [0.25, 0.3) is 0 Å².